The highest BCUT2D eigenvalue weighted by molar-refractivity contribution is 5.75. The van der Waals surface area contributed by atoms with Gasteiger partial charge in [0.15, 0.2) is 11.5 Å². The van der Waals surface area contributed by atoms with Crippen molar-refractivity contribution in [3.05, 3.63) is 54.1 Å². The molecule has 146 valence electrons. The number of ether oxygens (including phenoxy) is 2. The molecule has 0 aliphatic carbocycles. The summed E-state index contributed by atoms with van der Waals surface area (Å²) in [5, 5.41) is 12.3. The van der Waals surface area contributed by atoms with Gasteiger partial charge in [-0.3, -0.25) is 4.79 Å². The first kappa shape index (κ1) is 19.3. The van der Waals surface area contributed by atoms with Gasteiger partial charge in [0, 0.05) is 18.7 Å². The molecule has 0 fully saturated rings. The van der Waals surface area contributed by atoms with Crippen molar-refractivity contribution in [1.82, 2.24) is 25.1 Å². The number of amides is 1. The highest BCUT2D eigenvalue weighted by atomic mass is 16.5. The number of rotatable bonds is 8. The number of aromatic nitrogens is 4. The van der Waals surface area contributed by atoms with Gasteiger partial charge < -0.3 is 14.4 Å². The monoisotopic (exact) mass is 381 g/mol. The highest BCUT2D eigenvalue weighted by Crippen LogP contribution is 2.28. The predicted molar refractivity (Wildman–Crippen MR) is 104 cm³/mol. The zero-order valence-corrected chi connectivity index (χ0v) is 16.2. The first-order chi connectivity index (χ1) is 13.6. The molecule has 28 heavy (non-hydrogen) atoms. The van der Waals surface area contributed by atoms with Gasteiger partial charge in [-0.1, -0.05) is 36.4 Å². The smallest absolute Gasteiger partial charge is 0.246 e. The Kier molecular flexibility index (Phi) is 6.21. The molecule has 0 N–H and O–H groups in total. The Labute approximate surface area is 163 Å². The van der Waals surface area contributed by atoms with Gasteiger partial charge >= 0.3 is 0 Å². The van der Waals surface area contributed by atoms with Crippen LogP contribution < -0.4 is 9.47 Å². The topological polar surface area (TPSA) is 82.4 Å². The van der Waals surface area contributed by atoms with Crippen molar-refractivity contribution in [2.75, 3.05) is 20.8 Å². The first-order valence-corrected chi connectivity index (χ1v) is 8.96. The summed E-state index contributed by atoms with van der Waals surface area (Å²) in [6.07, 6.45) is 0. The van der Waals surface area contributed by atoms with E-state index in [1.807, 2.05) is 55.5 Å². The number of hydrogen-bond donors (Lipinski definition) is 0. The molecule has 8 nitrogen and oxygen atoms in total. The van der Waals surface area contributed by atoms with E-state index in [9.17, 15) is 4.79 Å². The van der Waals surface area contributed by atoms with Crippen LogP contribution in [-0.2, 0) is 17.9 Å². The van der Waals surface area contributed by atoms with Crippen molar-refractivity contribution >= 4 is 5.91 Å². The molecule has 2 aromatic carbocycles. The number of carbonyl (C=O) groups is 1. The van der Waals surface area contributed by atoms with Crippen LogP contribution in [0.25, 0.3) is 11.4 Å². The molecule has 0 bridgehead atoms. The van der Waals surface area contributed by atoms with Crippen LogP contribution in [0.1, 0.15) is 12.5 Å². The van der Waals surface area contributed by atoms with Gasteiger partial charge in [-0.25, -0.2) is 0 Å². The van der Waals surface area contributed by atoms with Gasteiger partial charge in [-0.15, -0.1) is 10.2 Å². The summed E-state index contributed by atoms with van der Waals surface area (Å²) in [7, 11) is 3.18. The van der Waals surface area contributed by atoms with Crippen LogP contribution in [0, 0.1) is 0 Å². The molecule has 0 aliphatic rings. The molecule has 0 unspecified atom stereocenters. The van der Waals surface area contributed by atoms with Crippen molar-refractivity contribution in [2.45, 2.75) is 20.0 Å². The number of hydrogen-bond acceptors (Lipinski definition) is 6. The van der Waals surface area contributed by atoms with Gasteiger partial charge in [0.25, 0.3) is 0 Å². The molecule has 0 radical (unpaired) electrons. The second kappa shape index (κ2) is 8.98. The van der Waals surface area contributed by atoms with Gasteiger partial charge in [0.1, 0.15) is 6.54 Å². The lowest BCUT2D eigenvalue weighted by molar-refractivity contribution is -0.132. The van der Waals surface area contributed by atoms with Crippen molar-refractivity contribution in [3.8, 4) is 22.9 Å². The Morgan fingerprint density at radius 3 is 2.50 bits per heavy atom. The van der Waals surface area contributed by atoms with Crippen molar-refractivity contribution < 1.29 is 14.3 Å². The second-order valence-electron chi connectivity index (χ2n) is 6.11. The Hall–Kier alpha value is -3.42. The summed E-state index contributed by atoms with van der Waals surface area (Å²) >= 11 is 0. The van der Waals surface area contributed by atoms with Gasteiger partial charge in [0.2, 0.25) is 11.7 Å². The van der Waals surface area contributed by atoms with E-state index >= 15 is 0 Å². The normalized spacial score (nSPS) is 10.5. The molecule has 1 amide bonds. The number of likely N-dealkylation sites (N-methyl/N-ethyl adjacent to an activating group) is 1. The maximum Gasteiger partial charge on any atom is 0.246 e. The van der Waals surface area contributed by atoms with Crippen molar-refractivity contribution in [2.24, 2.45) is 0 Å². The number of tetrazole rings is 1. The molecular formula is C20H23N5O3. The number of methoxy groups -OCH3 is 2. The Morgan fingerprint density at radius 2 is 1.82 bits per heavy atom. The zero-order valence-electron chi connectivity index (χ0n) is 16.2. The minimum Gasteiger partial charge on any atom is -0.493 e. The predicted octanol–water partition coefficient (Wildman–Crippen LogP) is 2.41. The van der Waals surface area contributed by atoms with Crippen LogP contribution >= 0.6 is 0 Å². The lowest BCUT2D eigenvalue weighted by Gasteiger charge is -2.21. The maximum atomic E-state index is 12.7. The summed E-state index contributed by atoms with van der Waals surface area (Å²) in [5.41, 5.74) is 1.81. The van der Waals surface area contributed by atoms with Gasteiger partial charge in [0.05, 0.1) is 14.2 Å². The average molecular weight is 381 g/mol. The molecule has 0 saturated heterocycles. The number of benzene rings is 2. The lowest BCUT2D eigenvalue weighted by atomic mass is 10.2. The Morgan fingerprint density at radius 1 is 1.07 bits per heavy atom. The van der Waals surface area contributed by atoms with E-state index in [0.29, 0.717) is 30.4 Å². The Balaban J connectivity index is 1.68. The third-order valence-corrected chi connectivity index (χ3v) is 4.32. The van der Waals surface area contributed by atoms with Crippen LogP contribution in [0.3, 0.4) is 0 Å². The summed E-state index contributed by atoms with van der Waals surface area (Å²) < 4.78 is 10.6. The van der Waals surface area contributed by atoms with Crippen LogP contribution in [0.4, 0.5) is 0 Å². The fourth-order valence-corrected chi connectivity index (χ4v) is 2.81. The van der Waals surface area contributed by atoms with Gasteiger partial charge in [-0.2, -0.15) is 4.80 Å². The molecule has 0 atom stereocenters. The fourth-order valence-electron chi connectivity index (χ4n) is 2.81. The highest BCUT2D eigenvalue weighted by Gasteiger charge is 2.16. The third-order valence-electron chi connectivity index (χ3n) is 4.32. The minimum atomic E-state index is -0.0886. The van der Waals surface area contributed by atoms with Gasteiger partial charge in [-0.05, 0) is 29.8 Å². The minimum absolute atomic E-state index is 0.0287. The van der Waals surface area contributed by atoms with E-state index in [1.165, 1.54) is 4.80 Å². The fraction of sp³-hybridized carbons (Fsp3) is 0.300. The zero-order chi connectivity index (χ0) is 19.9. The largest absolute Gasteiger partial charge is 0.493 e. The first-order valence-electron chi connectivity index (χ1n) is 8.96. The summed E-state index contributed by atoms with van der Waals surface area (Å²) in [6.45, 7) is 2.98. The molecule has 3 aromatic rings. The quantitative estimate of drug-likeness (QED) is 0.596. The van der Waals surface area contributed by atoms with E-state index in [1.54, 1.807) is 19.1 Å². The van der Waals surface area contributed by atoms with E-state index in [2.05, 4.69) is 15.4 Å². The third kappa shape index (κ3) is 4.46. The van der Waals surface area contributed by atoms with E-state index in [4.69, 9.17) is 9.47 Å². The lowest BCUT2D eigenvalue weighted by Crippen LogP contribution is -2.33. The maximum absolute atomic E-state index is 12.7. The standard InChI is InChI=1S/C20H23N5O3/c1-4-24(13-15-10-11-17(27-2)18(12-15)28-3)19(26)14-25-22-20(21-23-25)16-8-6-5-7-9-16/h5-12H,4,13-14H2,1-3H3. The van der Waals surface area contributed by atoms with E-state index in [0.717, 1.165) is 11.1 Å². The Bertz CT molecular complexity index is 927. The molecule has 0 aliphatic heterocycles. The average Bonchev–Trinajstić information content (AvgIpc) is 3.20. The molecule has 1 heterocycles. The van der Waals surface area contributed by atoms with Crippen LogP contribution in [0.2, 0.25) is 0 Å². The molecule has 0 spiro atoms. The summed E-state index contributed by atoms with van der Waals surface area (Å²) in [5.74, 6) is 1.69. The van der Waals surface area contributed by atoms with Crippen molar-refractivity contribution in [1.29, 1.82) is 0 Å². The number of carbonyl (C=O) groups excluding carboxylic acids is 1. The number of nitrogens with zero attached hydrogens (tertiary/aromatic N) is 5. The molecule has 0 saturated carbocycles. The SMILES string of the molecule is CCN(Cc1ccc(OC)c(OC)c1)C(=O)Cn1nnc(-c2ccccc2)n1. The van der Waals surface area contributed by atoms with E-state index < -0.39 is 0 Å². The summed E-state index contributed by atoms with van der Waals surface area (Å²) in [4.78, 5) is 15.8. The summed E-state index contributed by atoms with van der Waals surface area (Å²) in [6, 6.07) is 15.2. The van der Waals surface area contributed by atoms with E-state index in [-0.39, 0.29) is 12.5 Å². The van der Waals surface area contributed by atoms with Crippen LogP contribution in [0.5, 0.6) is 11.5 Å². The molecular weight excluding hydrogens is 358 g/mol. The van der Waals surface area contributed by atoms with Crippen LogP contribution in [-0.4, -0.2) is 51.8 Å². The van der Waals surface area contributed by atoms with Crippen LogP contribution in [0.15, 0.2) is 48.5 Å². The molecule has 1 aromatic heterocycles. The van der Waals surface area contributed by atoms with Crippen molar-refractivity contribution in [3.63, 3.8) is 0 Å². The molecule has 8 heteroatoms. The molecule has 3 rings (SSSR count). The second-order valence-corrected chi connectivity index (χ2v) is 6.11.